The lowest BCUT2D eigenvalue weighted by Gasteiger charge is -2.11. The van der Waals surface area contributed by atoms with Crippen LogP contribution in [0.4, 0.5) is 0 Å². The molecule has 2 heterocycles. The number of hydrogen-bond acceptors (Lipinski definition) is 6. The summed E-state index contributed by atoms with van der Waals surface area (Å²) >= 11 is 0. The Kier molecular flexibility index (Phi) is 3.65. The predicted molar refractivity (Wildman–Crippen MR) is 90.8 cm³/mol. The zero-order valence-corrected chi connectivity index (χ0v) is 13.7. The van der Waals surface area contributed by atoms with Crippen molar-refractivity contribution in [2.45, 2.75) is 0 Å². The second-order valence-electron chi connectivity index (χ2n) is 5.49. The van der Waals surface area contributed by atoms with Crippen LogP contribution in [0.15, 0.2) is 42.6 Å². The van der Waals surface area contributed by atoms with Crippen molar-refractivity contribution in [1.29, 1.82) is 0 Å². The number of nitrogens with zero attached hydrogens (tertiary/aromatic N) is 1. The van der Waals surface area contributed by atoms with Crippen LogP contribution in [0.2, 0.25) is 0 Å². The van der Waals surface area contributed by atoms with Crippen LogP contribution in [-0.4, -0.2) is 31.8 Å². The van der Waals surface area contributed by atoms with E-state index in [0.717, 1.165) is 5.39 Å². The van der Waals surface area contributed by atoms with Crippen molar-refractivity contribution in [2.75, 3.05) is 21.0 Å². The van der Waals surface area contributed by atoms with Crippen molar-refractivity contribution in [1.82, 2.24) is 4.98 Å². The molecule has 0 atom stereocenters. The van der Waals surface area contributed by atoms with E-state index in [1.807, 2.05) is 12.1 Å². The molecule has 4 rings (SSSR count). The van der Waals surface area contributed by atoms with Crippen molar-refractivity contribution < 1.29 is 23.7 Å². The number of pyridine rings is 1. The smallest absolute Gasteiger partial charge is 0.231 e. The Morgan fingerprint density at radius 3 is 2.56 bits per heavy atom. The quantitative estimate of drug-likeness (QED) is 0.681. The van der Waals surface area contributed by atoms with Crippen LogP contribution in [0.5, 0.6) is 23.0 Å². The number of fused-ring (bicyclic) bond motifs is 2. The fourth-order valence-electron chi connectivity index (χ4n) is 2.85. The van der Waals surface area contributed by atoms with E-state index < -0.39 is 0 Å². The van der Waals surface area contributed by atoms with Crippen molar-refractivity contribution in [3.8, 4) is 23.0 Å². The number of rotatable bonds is 4. The molecule has 25 heavy (non-hydrogen) atoms. The van der Waals surface area contributed by atoms with Gasteiger partial charge in [-0.25, -0.2) is 0 Å². The Labute approximate surface area is 143 Å². The number of aromatic nitrogens is 1. The summed E-state index contributed by atoms with van der Waals surface area (Å²) in [5.41, 5.74) is 0.830. The lowest BCUT2D eigenvalue weighted by Crippen LogP contribution is -2.05. The molecule has 0 spiro atoms. The Balaban J connectivity index is 1.84. The third kappa shape index (κ3) is 2.52. The van der Waals surface area contributed by atoms with Gasteiger partial charge in [-0.1, -0.05) is 0 Å². The minimum atomic E-state index is -0.198. The van der Waals surface area contributed by atoms with Crippen molar-refractivity contribution >= 4 is 16.6 Å². The molecule has 6 heteroatoms. The molecule has 1 aromatic heterocycles. The first-order valence-corrected chi connectivity index (χ1v) is 7.66. The Morgan fingerprint density at radius 2 is 1.76 bits per heavy atom. The molecule has 3 aromatic rings. The molecule has 0 radical (unpaired) electrons. The summed E-state index contributed by atoms with van der Waals surface area (Å²) < 4.78 is 21.3. The van der Waals surface area contributed by atoms with Gasteiger partial charge < -0.3 is 18.9 Å². The first-order valence-electron chi connectivity index (χ1n) is 7.66. The van der Waals surface area contributed by atoms with Crippen molar-refractivity contribution in [3.05, 3.63) is 53.9 Å². The van der Waals surface area contributed by atoms with Gasteiger partial charge in [0.1, 0.15) is 5.69 Å². The number of methoxy groups -OCH3 is 2. The molecule has 2 aromatic carbocycles. The number of benzene rings is 2. The number of hydrogen-bond donors (Lipinski definition) is 0. The van der Waals surface area contributed by atoms with E-state index in [-0.39, 0.29) is 12.6 Å². The third-order valence-corrected chi connectivity index (χ3v) is 4.12. The maximum atomic E-state index is 13.0. The summed E-state index contributed by atoms with van der Waals surface area (Å²) in [5.74, 6) is 2.14. The van der Waals surface area contributed by atoms with Gasteiger partial charge in [0.15, 0.2) is 23.0 Å². The van der Waals surface area contributed by atoms with E-state index in [2.05, 4.69) is 4.98 Å². The first kappa shape index (κ1) is 15.3. The highest BCUT2D eigenvalue weighted by Gasteiger charge is 2.20. The molecule has 0 saturated heterocycles. The molecule has 0 amide bonds. The number of carbonyl (C=O) groups excluding carboxylic acids is 1. The Hall–Kier alpha value is -3.28. The average Bonchev–Trinajstić information content (AvgIpc) is 3.13. The van der Waals surface area contributed by atoms with Gasteiger partial charge in [-0.2, -0.15) is 0 Å². The summed E-state index contributed by atoms with van der Waals surface area (Å²) in [7, 11) is 3.13. The fraction of sp³-hybridized carbons (Fsp3) is 0.158. The lowest BCUT2D eigenvalue weighted by molar-refractivity contribution is 0.103. The van der Waals surface area contributed by atoms with Gasteiger partial charge in [0.05, 0.1) is 14.2 Å². The maximum absolute atomic E-state index is 13.0. The average molecular weight is 337 g/mol. The summed E-state index contributed by atoms with van der Waals surface area (Å²) in [4.78, 5) is 17.3. The number of ketones is 1. The molecule has 0 N–H and O–H groups in total. The van der Waals surface area contributed by atoms with Crippen LogP contribution in [0.25, 0.3) is 10.8 Å². The molecule has 0 unspecified atom stereocenters. The topological polar surface area (TPSA) is 66.9 Å². The minimum absolute atomic E-state index is 0.163. The lowest BCUT2D eigenvalue weighted by atomic mass is 10.0. The van der Waals surface area contributed by atoms with E-state index in [0.29, 0.717) is 39.6 Å². The van der Waals surface area contributed by atoms with Crippen molar-refractivity contribution in [3.63, 3.8) is 0 Å². The number of carbonyl (C=O) groups is 1. The van der Waals surface area contributed by atoms with Crippen LogP contribution < -0.4 is 18.9 Å². The first-order chi connectivity index (χ1) is 12.2. The second-order valence-corrected chi connectivity index (χ2v) is 5.49. The van der Waals surface area contributed by atoms with Gasteiger partial charge in [0.25, 0.3) is 0 Å². The summed E-state index contributed by atoms with van der Waals surface area (Å²) in [5, 5.41) is 1.54. The van der Waals surface area contributed by atoms with Crippen LogP contribution in [0.3, 0.4) is 0 Å². The highest BCUT2D eigenvalue weighted by Crippen LogP contribution is 2.35. The highest BCUT2D eigenvalue weighted by atomic mass is 16.7. The molecule has 0 aliphatic carbocycles. The van der Waals surface area contributed by atoms with Crippen LogP contribution in [-0.2, 0) is 0 Å². The normalized spacial score (nSPS) is 12.2. The Bertz CT molecular complexity index is 983. The van der Waals surface area contributed by atoms with Crippen LogP contribution in [0.1, 0.15) is 16.1 Å². The van der Waals surface area contributed by atoms with E-state index in [1.54, 1.807) is 44.7 Å². The van der Waals surface area contributed by atoms with Gasteiger partial charge in [0.2, 0.25) is 12.6 Å². The second kappa shape index (κ2) is 5.98. The van der Waals surface area contributed by atoms with E-state index in [1.165, 1.54) is 0 Å². The monoisotopic (exact) mass is 337 g/mol. The van der Waals surface area contributed by atoms with Crippen molar-refractivity contribution in [2.24, 2.45) is 0 Å². The Morgan fingerprint density at radius 1 is 1.00 bits per heavy atom. The summed E-state index contributed by atoms with van der Waals surface area (Å²) in [6.45, 7) is 0.163. The number of ether oxygens (including phenoxy) is 4. The molecule has 126 valence electrons. The van der Waals surface area contributed by atoms with Gasteiger partial charge in [-0.15, -0.1) is 0 Å². The largest absolute Gasteiger partial charge is 0.493 e. The molecular formula is C19H15NO5. The zero-order valence-electron chi connectivity index (χ0n) is 13.7. The van der Waals surface area contributed by atoms with Gasteiger partial charge in [-0.3, -0.25) is 9.78 Å². The van der Waals surface area contributed by atoms with Crippen LogP contribution in [0, 0.1) is 0 Å². The summed E-state index contributed by atoms with van der Waals surface area (Å²) in [6, 6.07) is 10.5. The molecular weight excluding hydrogens is 322 g/mol. The van der Waals surface area contributed by atoms with Gasteiger partial charge >= 0.3 is 0 Å². The van der Waals surface area contributed by atoms with E-state index in [4.69, 9.17) is 18.9 Å². The highest BCUT2D eigenvalue weighted by molar-refractivity contribution is 6.15. The molecule has 0 fully saturated rings. The molecule has 0 saturated carbocycles. The predicted octanol–water partition coefficient (Wildman–Crippen LogP) is 3.21. The van der Waals surface area contributed by atoms with E-state index >= 15 is 0 Å². The van der Waals surface area contributed by atoms with Gasteiger partial charge in [0, 0.05) is 17.1 Å². The van der Waals surface area contributed by atoms with Crippen LogP contribution >= 0.6 is 0 Å². The maximum Gasteiger partial charge on any atom is 0.231 e. The molecule has 1 aliphatic heterocycles. The molecule has 0 bridgehead atoms. The standard InChI is InChI=1S/C19H15NO5/c1-22-15-7-11-5-6-20-18(13(11)9-16(15)23-2)19(21)12-3-4-14-17(8-12)25-10-24-14/h3-9H,10H2,1-2H3. The minimum Gasteiger partial charge on any atom is -0.493 e. The third-order valence-electron chi connectivity index (χ3n) is 4.12. The molecule has 1 aliphatic rings. The zero-order chi connectivity index (χ0) is 17.4. The van der Waals surface area contributed by atoms with Gasteiger partial charge in [-0.05, 0) is 41.8 Å². The van der Waals surface area contributed by atoms with E-state index in [9.17, 15) is 4.79 Å². The summed E-state index contributed by atoms with van der Waals surface area (Å²) in [6.07, 6.45) is 1.61. The SMILES string of the molecule is COc1cc2ccnc(C(=O)c3ccc4c(c3)OCO4)c2cc1OC. The fourth-order valence-corrected chi connectivity index (χ4v) is 2.85. The molecule has 6 nitrogen and oxygen atoms in total.